The molecule has 1 aliphatic heterocycles. The molecule has 0 atom stereocenters. The van der Waals surface area contributed by atoms with E-state index in [0.717, 1.165) is 6.42 Å². The van der Waals surface area contributed by atoms with E-state index >= 15 is 0 Å². The highest BCUT2D eigenvalue weighted by atomic mass is 16.5. The second-order valence-electron chi connectivity index (χ2n) is 8.80. The molecule has 0 saturated carbocycles. The summed E-state index contributed by atoms with van der Waals surface area (Å²) < 4.78 is 39.1. The van der Waals surface area contributed by atoms with Crippen molar-refractivity contribution >= 4 is 16.9 Å². The molecule has 3 aromatic carbocycles. The van der Waals surface area contributed by atoms with Gasteiger partial charge in [-0.05, 0) is 47.9 Å². The molecule has 9 nitrogen and oxygen atoms in total. The van der Waals surface area contributed by atoms with E-state index in [9.17, 15) is 9.59 Å². The smallest absolute Gasteiger partial charge is 0.343 e. The van der Waals surface area contributed by atoms with Crippen molar-refractivity contribution in [3.05, 3.63) is 70.1 Å². The van der Waals surface area contributed by atoms with E-state index in [-0.39, 0.29) is 16.7 Å². The van der Waals surface area contributed by atoms with Crippen molar-refractivity contribution in [1.29, 1.82) is 0 Å². The van der Waals surface area contributed by atoms with E-state index < -0.39 is 5.97 Å². The number of hydrogen-bond acceptors (Lipinski definition) is 9. The van der Waals surface area contributed by atoms with Crippen LogP contribution in [-0.4, -0.2) is 40.5 Å². The largest absolute Gasteiger partial charge is 0.493 e. The van der Waals surface area contributed by atoms with Crippen molar-refractivity contribution in [1.82, 2.24) is 0 Å². The van der Waals surface area contributed by atoms with Crippen molar-refractivity contribution in [2.24, 2.45) is 0 Å². The standard InChI is InChI=1S/C30H28O9/c1-5-17-11-20-24(15-23(17)39-30(32)19-13-26(33-2)29(35-4)27(14-19)34-3)38-16-21(28(20)31)18-7-8-22-25(12-18)37-10-6-9-36-22/h7-8,11-16H,5-6,9-10H2,1-4H3. The number of carbonyl (C=O) groups excluding carboxylic acids is 1. The summed E-state index contributed by atoms with van der Waals surface area (Å²) in [6.45, 7) is 3.03. The highest BCUT2D eigenvalue weighted by Crippen LogP contribution is 2.39. The molecule has 0 aliphatic carbocycles. The fourth-order valence-electron chi connectivity index (χ4n) is 4.46. The molecule has 1 aliphatic rings. The number of fused-ring (bicyclic) bond motifs is 2. The first-order valence-electron chi connectivity index (χ1n) is 12.5. The number of methoxy groups -OCH3 is 3. The molecule has 0 saturated heterocycles. The SMILES string of the molecule is CCc1cc2c(=O)c(-c3ccc4c(c3)OCCCO4)coc2cc1OC(=O)c1cc(OC)c(OC)c(OC)c1. The Balaban J connectivity index is 1.50. The van der Waals surface area contributed by atoms with Crippen LogP contribution < -0.4 is 33.8 Å². The number of carbonyl (C=O) groups is 1. The third-order valence-electron chi connectivity index (χ3n) is 6.50. The molecule has 4 aromatic rings. The van der Waals surface area contributed by atoms with E-state index in [2.05, 4.69) is 0 Å². The zero-order chi connectivity index (χ0) is 27.5. The zero-order valence-electron chi connectivity index (χ0n) is 22.1. The second-order valence-corrected chi connectivity index (χ2v) is 8.80. The van der Waals surface area contributed by atoms with Crippen LogP contribution in [0.25, 0.3) is 22.1 Å². The summed E-state index contributed by atoms with van der Waals surface area (Å²) >= 11 is 0. The highest BCUT2D eigenvalue weighted by Gasteiger charge is 2.21. The fourth-order valence-corrected chi connectivity index (χ4v) is 4.46. The van der Waals surface area contributed by atoms with Crippen molar-refractivity contribution in [2.45, 2.75) is 19.8 Å². The summed E-state index contributed by atoms with van der Waals surface area (Å²) in [5.41, 5.74) is 2.02. The number of esters is 1. The Morgan fingerprint density at radius 1 is 0.872 bits per heavy atom. The zero-order valence-corrected chi connectivity index (χ0v) is 22.1. The van der Waals surface area contributed by atoms with E-state index in [1.807, 2.05) is 6.92 Å². The number of hydrogen-bond donors (Lipinski definition) is 0. The number of benzene rings is 3. The molecule has 5 rings (SSSR count). The first-order chi connectivity index (χ1) is 19.0. The highest BCUT2D eigenvalue weighted by molar-refractivity contribution is 5.94. The maximum absolute atomic E-state index is 13.5. The Hall–Kier alpha value is -4.66. The topological polar surface area (TPSA) is 103 Å². The molecule has 0 unspecified atom stereocenters. The maximum atomic E-state index is 13.5. The molecule has 9 heteroatoms. The van der Waals surface area contributed by atoms with Crippen LogP contribution in [0.2, 0.25) is 0 Å². The maximum Gasteiger partial charge on any atom is 0.343 e. The normalized spacial score (nSPS) is 12.5. The van der Waals surface area contributed by atoms with Gasteiger partial charge in [-0.3, -0.25) is 4.79 Å². The van der Waals surface area contributed by atoms with Crippen molar-refractivity contribution in [3.8, 4) is 45.6 Å². The average Bonchev–Trinajstić information content (AvgIpc) is 3.21. The van der Waals surface area contributed by atoms with Crippen LogP contribution in [0.4, 0.5) is 0 Å². The van der Waals surface area contributed by atoms with Crippen LogP contribution in [-0.2, 0) is 6.42 Å². The first kappa shape index (κ1) is 26.0. The lowest BCUT2D eigenvalue weighted by atomic mass is 10.0. The number of rotatable bonds is 7. The Kier molecular flexibility index (Phi) is 7.31. The summed E-state index contributed by atoms with van der Waals surface area (Å²) in [6.07, 6.45) is 2.70. The van der Waals surface area contributed by atoms with Gasteiger partial charge in [0.2, 0.25) is 11.2 Å². The van der Waals surface area contributed by atoms with Crippen LogP contribution in [0.15, 0.2) is 57.9 Å². The van der Waals surface area contributed by atoms with Gasteiger partial charge in [-0.1, -0.05) is 13.0 Å². The van der Waals surface area contributed by atoms with Gasteiger partial charge in [0.05, 0.1) is 51.1 Å². The fraction of sp³-hybridized carbons (Fsp3) is 0.267. The molecule has 0 N–H and O–H groups in total. The monoisotopic (exact) mass is 532 g/mol. The minimum atomic E-state index is -0.630. The Morgan fingerprint density at radius 3 is 2.26 bits per heavy atom. The minimum absolute atomic E-state index is 0.206. The quantitative estimate of drug-likeness (QED) is 0.228. The van der Waals surface area contributed by atoms with Gasteiger partial charge >= 0.3 is 5.97 Å². The van der Waals surface area contributed by atoms with Crippen LogP contribution in [0, 0.1) is 0 Å². The predicted octanol–water partition coefficient (Wildman–Crippen LogP) is 5.43. The van der Waals surface area contributed by atoms with Crippen LogP contribution in [0.1, 0.15) is 29.3 Å². The van der Waals surface area contributed by atoms with Gasteiger partial charge in [-0.2, -0.15) is 0 Å². The lowest BCUT2D eigenvalue weighted by Gasteiger charge is -2.15. The van der Waals surface area contributed by atoms with Gasteiger partial charge in [0.15, 0.2) is 23.0 Å². The van der Waals surface area contributed by atoms with Gasteiger partial charge in [0.25, 0.3) is 0 Å². The van der Waals surface area contributed by atoms with Gasteiger partial charge in [0.1, 0.15) is 17.6 Å². The van der Waals surface area contributed by atoms with E-state index in [4.69, 9.17) is 32.8 Å². The molecule has 0 bridgehead atoms. The molecule has 0 spiro atoms. The van der Waals surface area contributed by atoms with E-state index in [1.54, 1.807) is 30.3 Å². The molecule has 202 valence electrons. The van der Waals surface area contributed by atoms with Gasteiger partial charge < -0.3 is 32.8 Å². The first-order valence-corrected chi connectivity index (χ1v) is 12.5. The lowest BCUT2D eigenvalue weighted by Crippen LogP contribution is -2.12. The minimum Gasteiger partial charge on any atom is -0.493 e. The van der Waals surface area contributed by atoms with Crippen molar-refractivity contribution in [2.75, 3.05) is 34.5 Å². The lowest BCUT2D eigenvalue weighted by molar-refractivity contribution is 0.0732. The second kappa shape index (κ2) is 11.0. The molecular weight excluding hydrogens is 504 g/mol. The molecule has 2 heterocycles. The van der Waals surface area contributed by atoms with E-state index in [1.165, 1.54) is 39.7 Å². The summed E-state index contributed by atoms with van der Waals surface area (Å²) in [6, 6.07) is 11.7. The molecule has 1 aromatic heterocycles. The summed E-state index contributed by atoms with van der Waals surface area (Å²) in [5, 5.41) is 0.379. The third-order valence-corrected chi connectivity index (χ3v) is 6.50. The van der Waals surface area contributed by atoms with Gasteiger partial charge in [-0.15, -0.1) is 0 Å². The Labute approximate surface area is 224 Å². The van der Waals surface area contributed by atoms with Crippen molar-refractivity contribution in [3.63, 3.8) is 0 Å². The van der Waals surface area contributed by atoms with Gasteiger partial charge in [-0.25, -0.2) is 4.79 Å². The number of ether oxygens (including phenoxy) is 6. The molecule has 0 amide bonds. The van der Waals surface area contributed by atoms with Crippen LogP contribution in [0.3, 0.4) is 0 Å². The summed E-state index contributed by atoms with van der Waals surface area (Å²) in [5.74, 6) is 1.91. The third kappa shape index (κ3) is 4.95. The Bertz CT molecular complexity index is 1580. The van der Waals surface area contributed by atoms with Crippen LogP contribution in [0.5, 0.6) is 34.5 Å². The Morgan fingerprint density at radius 2 is 1.59 bits per heavy atom. The molecule has 39 heavy (non-hydrogen) atoms. The molecular formula is C30H28O9. The van der Waals surface area contributed by atoms with Crippen LogP contribution >= 0.6 is 0 Å². The van der Waals surface area contributed by atoms with Gasteiger partial charge in [0, 0.05) is 12.5 Å². The predicted molar refractivity (Wildman–Crippen MR) is 144 cm³/mol. The van der Waals surface area contributed by atoms with Crippen molar-refractivity contribution < 1.29 is 37.6 Å². The number of aryl methyl sites for hydroxylation is 1. The molecule has 0 radical (unpaired) electrons. The summed E-state index contributed by atoms with van der Waals surface area (Å²) in [7, 11) is 4.41. The summed E-state index contributed by atoms with van der Waals surface area (Å²) in [4.78, 5) is 26.6. The average molecular weight is 533 g/mol. The van der Waals surface area contributed by atoms with E-state index in [0.29, 0.717) is 76.0 Å². The molecule has 0 fully saturated rings.